The zero-order valence-electron chi connectivity index (χ0n) is 18.6. The van der Waals surface area contributed by atoms with Crippen molar-refractivity contribution in [2.45, 2.75) is 13.8 Å². The summed E-state index contributed by atoms with van der Waals surface area (Å²) in [6, 6.07) is 13.6. The van der Waals surface area contributed by atoms with Gasteiger partial charge >= 0.3 is 0 Å². The van der Waals surface area contributed by atoms with Crippen LogP contribution < -0.4 is 14.4 Å². The molecule has 170 valence electrons. The Kier molecular flexibility index (Phi) is 7.57. The van der Waals surface area contributed by atoms with E-state index in [9.17, 15) is 4.79 Å². The molecule has 1 aliphatic heterocycles. The number of aryl methyl sites for hydroxylation is 1. The van der Waals surface area contributed by atoms with Gasteiger partial charge in [-0.3, -0.25) is 14.6 Å². The number of hydrogen-bond donors (Lipinski definition) is 0. The first-order valence-electron chi connectivity index (χ1n) is 11.0. The summed E-state index contributed by atoms with van der Waals surface area (Å²) in [6.45, 7) is 9.03. The highest BCUT2D eigenvalue weighted by Gasteiger charge is 2.22. The third kappa shape index (κ3) is 5.56. The van der Waals surface area contributed by atoms with E-state index in [1.54, 1.807) is 4.90 Å². The van der Waals surface area contributed by atoms with Crippen LogP contribution in [0.2, 0.25) is 0 Å². The van der Waals surface area contributed by atoms with Crippen LogP contribution in [0.15, 0.2) is 42.5 Å². The summed E-state index contributed by atoms with van der Waals surface area (Å²) in [5.41, 5.74) is 1.86. The van der Waals surface area contributed by atoms with E-state index in [2.05, 4.69) is 4.90 Å². The van der Waals surface area contributed by atoms with Crippen LogP contribution in [0.1, 0.15) is 12.5 Å². The van der Waals surface area contributed by atoms with E-state index < -0.39 is 0 Å². The standard InChI is InChI=1S/C24H29N3O4S/c1-3-30-19-8-9-20-22(16-19)32-24(25-20)27(11-10-26-12-14-29-15-13-26)23(28)17-31-21-7-5-4-6-18(21)2/h4-9,16H,3,10-15,17H2,1-2H3. The number of fused-ring (bicyclic) bond motifs is 1. The van der Waals surface area contributed by atoms with E-state index in [4.69, 9.17) is 19.2 Å². The Morgan fingerprint density at radius 2 is 2.00 bits per heavy atom. The fourth-order valence-corrected chi connectivity index (χ4v) is 4.63. The van der Waals surface area contributed by atoms with Gasteiger partial charge in [-0.2, -0.15) is 0 Å². The molecule has 1 fully saturated rings. The zero-order chi connectivity index (χ0) is 22.3. The number of anilines is 1. The average Bonchev–Trinajstić information content (AvgIpc) is 3.22. The fourth-order valence-electron chi connectivity index (χ4n) is 3.59. The number of amides is 1. The van der Waals surface area contributed by atoms with Crippen LogP contribution in [0.25, 0.3) is 10.2 Å². The first-order valence-corrected chi connectivity index (χ1v) is 11.8. The minimum absolute atomic E-state index is 0.0336. The molecule has 0 N–H and O–H groups in total. The Morgan fingerprint density at radius 1 is 1.19 bits per heavy atom. The summed E-state index contributed by atoms with van der Waals surface area (Å²) in [5.74, 6) is 1.43. The van der Waals surface area contributed by atoms with Gasteiger partial charge in [0.05, 0.1) is 30.0 Å². The number of rotatable bonds is 9. The fraction of sp³-hybridized carbons (Fsp3) is 0.417. The topological polar surface area (TPSA) is 64.1 Å². The number of benzene rings is 2. The summed E-state index contributed by atoms with van der Waals surface area (Å²) in [7, 11) is 0. The van der Waals surface area contributed by atoms with E-state index in [0.717, 1.165) is 60.1 Å². The van der Waals surface area contributed by atoms with Crippen molar-refractivity contribution in [3.05, 3.63) is 48.0 Å². The van der Waals surface area contributed by atoms with Gasteiger partial charge in [0.1, 0.15) is 11.5 Å². The number of morpholine rings is 1. The van der Waals surface area contributed by atoms with Crippen LogP contribution in [0.4, 0.5) is 5.13 Å². The Labute approximate surface area is 192 Å². The van der Waals surface area contributed by atoms with E-state index in [1.165, 1.54) is 11.3 Å². The Hall–Kier alpha value is -2.68. The molecule has 0 atom stereocenters. The van der Waals surface area contributed by atoms with Crippen molar-refractivity contribution < 1.29 is 19.0 Å². The van der Waals surface area contributed by atoms with Gasteiger partial charge in [0.2, 0.25) is 0 Å². The summed E-state index contributed by atoms with van der Waals surface area (Å²) < 4.78 is 17.9. The predicted molar refractivity (Wildman–Crippen MR) is 127 cm³/mol. The number of carbonyl (C=O) groups excluding carboxylic acids is 1. The molecular formula is C24H29N3O4S. The molecule has 4 rings (SSSR count). The number of ether oxygens (including phenoxy) is 3. The molecule has 2 aromatic carbocycles. The molecule has 0 radical (unpaired) electrons. The van der Waals surface area contributed by atoms with Crippen molar-refractivity contribution in [2.75, 3.05) is 57.5 Å². The van der Waals surface area contributed by atoms with Crippen molar-refractivity contribution in [2.24, 2.45) is 0 Å². The first kappa shape index (κ1) is 22.5. The highest BCUT2D eigenvalue weighted by Crippen LogP contribution is 2.32. The molecule has 1 amide bonds. The average molecular weight is 456 g/mol. The number of para-hydroxylation sites is 1. The molecule has 2 heterocycles. The van der Waals surface area contributed by atoms with Crippen LogP contribution in [0.3, 0.4) is 0 Å². The molecule has 1 aromatic heterocycles. The van der Waals surface area contributed by atoms with Gasteiger partial charge in [-0.1, -0.05) is 29.5 Å². The quantitative estimate of drug-likeness (QED) is 0.490. The number of nitrogens with zero attached hydrogens (tertiary/aromatic N) is 3. The lowest BCUT2D eigenvalue weighted by molar-refractivity contribution is -0.120. The third-order valence-corrected chi connectivity index (χ3v) is 6.42. The van der Waals surface area contributed by atoms with Crippen LogP contribution >= 0.6 is 11.3 Å². The second-order valence-electron chi connectivity index (χ2n) is 7.61. The van der Waals surface area contributed by atoms with Gasteiger partial charge < -0.3 is 14.2 Å². The van der Waals surface area contributed by atoms with Crippen LogP contribution in [-0.4, -0.2) is 68.4 Å². The van der Waals surface area contributed by atoms with Crippen molar-refractivity contribution in [3.63, 3.8) is 0 Å². The van der Waals surface area contributed by atoms with E-state index in [0.29, 0.717) is 18.3 Å². The monoisotopic (exact) mass is 455 g/mol. The Morgan fingerprint density at radius 3 is 2.78 bits per heavy atom. The second-order valence-corrected chi connectivity index (χ2v) is 8.62. The maximum atomic E-state index is 13.2. The van der Waals surface area contributed by atoms with Gasteiger partial charge in [0.15, 0.2) is 11.7 Å². The molecule has 0 unspecified atom stereocenters. The van der Waals surface area contributed by atoms with Crippen LogP contribution in [0, 0.1) is 6.92 Å². The molecule has 32 heavy (non-hydrogen) atoms. The SMILES string of the molecule is CCOc1ccc2nc(N(CCN3CCOCC3)C(=O)COc3ccccc3C)sc2c1. The molecular weight excluding hydrogens is 426 g/mol. The predicted octanol–water partition coefficient (Wildman–Crippen LogP) is 3.75. The lowest BCUT2D eigenvalue weighted by atomic mass is 10.2. The minimum atomic E-state index is -0.106. The zero-order valence-corrected chi connectivity index (χ0v) is 19.4. The maximum Gasteiger partial charge on any atom is 0.266 e. The Bertz CT molecular complexity index is 1050. The van der Waals surface area contributed by atoms with Gasteiger partial charge in [-0.05, 0) is 43.7 Å². The van der Waals surface area contributed by atoms with Gasteiger partial charge in [-0.15, -0.1) is 0 Å². The van der Waals surface area contributed by atoms with E-state index in [-0.39, 0.29) is 12.5 Å². The minimum Gasteiger partial charge on any atom is -0.494 e. The molecule has 1 saturated heterocycles. The van der Waals surface area contributed by atoms with Crippen molar-refractivity contribution >= 4 is 32.6 Å². The number of hydrogen-bond acceptors (Lipinski definition) is 7. The smallest absolute Gasteiger partial charge is 0.266 e. The van der Waals surface area contributed by atoms with Gasteiger partial charge in [-0.25, -0.2) is 4.98 Å². The molecule has 8 heteroatoms. The summed E-state index contributed by atoms with van der Waals surface area (Å²) in [6.07, 6.45) is 0. The molecule has 3 aromatic rings. The normalized spacial score (nSPS) is 14.4. The summed E-state index contributed by atoms with van der Waals surface area (Å²) in [4.78, 5) is 22.0. The summed E-state index contributed by atoms with van der Waals surface area (Å²) >= 11 is 1.50. The lowest BCUT2D eigenvalue weighted by Gasteiger charge is -2.29. The van der Waals surface area contributed by atoms with Crippen LogP contribution in [0.5, 0.6) is 11.5 Å². The molecule has 1 aliphatic rings. The number of aromatic nitrogens is 1. The second kappa shape index (κ2) is 10.8. The van der Waals surface area contributed by atoms with Crippen molar-refractivity contribution in [1.82, 2.24) is 9.88 Å². The van der Waals surface area contributed by atoms with Gasteiger partial charge in [0, 0.05) is 26.2 Å². The van der Waals surface area contributed by atoms with E-state index in [1.807, 2.05) is 56.3 Å². The van der Waals surface area contributed by atoms with Gasteiger partial charge in [0.25, 0.3) is 5.91 Å². The van der Waals surface area contributed by atoms with Crippen molar-refractivity contribution in [1.29, 1.82) is 0 Å². The summed E-state index contributed by atoms with van der Waals surface area (Å²) in [5, 5.41) is 0.681. The first-order chi connectivity index (χ1) is 15.6. The number of carbonyl (C=O) groups is 1. The van der Waals surface area contributed by atoms with Crippen molar-refractivity contribution in [3.8, 4) is 11.5 Å². The maximum absolute atomic E-state index is 13.2. The molecule has 0 aliphatic carbocycles. The third-order valence-electron chi connectivity index (χ3n) is 5.38. The Balaban J connectivity index is 1.52. The molecule has 0 spiro atoms. The number of thiazole rings is 1. The lowest BCUT2D eigenvalue weighted by Crippen LogP contribution is -2.44. The molecule has 0 bridgehead atoms. The van der Waals surface area contributed by atoms with Crippen LogP contribution in [-0.2, 0) is 9.53 Å². The molecule has 0 saturated carbocycles. The highest BCUT2D eigenvalue weighted by atomic mass is 32.1. The molecule has 7 nitrogen and oxygen atoms in total. The highest BCUT2D eigenvalue weighted by molar-refractivity contribution is 7.22. The largest absolute Gasteiger partial charge is 0.494 e. The van der Waals surface area contributed by atoms with E-state index >= 15 is 0 Å².